The number of hydrogen-bond donors (Lipinski definition) is 9. The van der Waals surface area contributed by atoms with Crippen LogP contribution >= 0.6 is 8.60 Å². The van der Waals surface area contributed by atoms with Gasteiger partial charge in [-0.1, -0.05) is 127 Å². The van der Waals surface area contributed by atoms with Crippen molar-refractivity contribution in [3.05, 3.63) is 174 Å². The summed E-state index contributed by atoms with van der Waals surface area (Å²) >= 11 is 0. The van der Waals surface area contributed by atoms with Gasteiger partial charge in [0.1, 0.15) is 29.9 Å². The first-order valence-corrected chi connectivity index (χ1v) is 21.9. The summed E-state index contributed by atoms with van der Waals surface area (Å²) in [6.45, 7) is 1.30. The molecule has 4 unspecified atom stereocenters. The molecular formula is C48H49BN5O10P. The molecular weight excluding hydrogens is 848 g/mol. The molecule has 0 aromatic heterocycles. The monoisotopic (exact) mass is 897 g/mol. The van der Waals surface area contributed by atoms with Crippen LogP contribution in [0.2, 0.25) is 0 Å². The van der Waals surface area contributed by atoms with Crippen LogP contribution in [0.15, 0.2) is 152 Å². The van der Waals surface area contributed by atoms with Gasteiger partial charge in [-0.15, -0.1) is 0 Å². The van der Waals surface area contributed by atoms with Gasteiger partial charge in [0.05, 0.1) is 0 Å². The summed E-state index contributed by atoms with van der Waals surface area (Å²) in [6, 6.07) is 38.6. The van der Waals surface area contributed by atoms with E-state index in [1.54, 1.807) is 66.7 Å². The number of benzene rings is 6. The number of rotatable bonds is 20. The highest BCUT2D eigenvalue weighted by Gasteiger charge is 2.32. The topological polar surface area (TPSA) is 236 Å². The van der Waals surface area contributed by atoms with E-state index in [2.05, 4.69) is 26.6 Å². The van der Waals surface area contributed by atoms with Crippen molar-refractivity contribution in [3.63, 3.8) is 0 Å². The molecule has 6 aromatic rings. The number of hydrogen-bond acceptors (Lipinski definition) is 10. The fourth-order valence-electron chi connectivity index (χ4n) is 7.22. The molecule has 9 N–H and O–H groups in total. The number of anilines is 1. The van der Waals surface area contributed by atoms with Gasteiger partial charge in [0.2, 0.25) is 29.5 Å². The van der Waals surface area contributed by atoms with Crippen LogP contribution in [0.1, 0.15) is 29.2 Å². The largest absolute Gasteiger partial charge is 0.488 e. The molecule has 0 aliphatic rings. The number of fused-ring (bicyclic) bond motifs is 1. The van der Waals surface area contributed by atoms with Crippen LogP contribution in [0.5, 0.6) is 5.75 Å². The summed E-state index contributed by atoms with van der Waals surface area (Å²) < 4.78 is 4.97. The minimum atomic E-state index is -2.68. The molecule has 0 aliphatic carbocycles. The fourth-order valence-corrected chi connectivity index (χ4v) is 7.53. The van der Waals surface area contributed by atoms with Crippen LogP contribution < -0.4 is 36.6 Å². The van der Waals surface area contributed by atoms with Crippen molar-refractivity contribution in [2.24, 2.45) is 0 Å². The summed E-state index contributed by atoms with van der Waals surface area (Å²) in [5.74, 6) is -3.00. The van der Waals surface area contributed by atoms with E-state index in [-0.39, 0.29) is 42.6 Å². The van der Waals surface area contributed by atoms with Crippen molar-refractivity contribution < 1.29 is 48.3 Å². The molecule has 6 rings (SSSR count). The maximum absolute atomic E-state index is 14.5. The summed E-state index contributed by atoms with van der Waals surface area (Å²) in [4.78, 5) is 88.2. The number of carbonyl (C=O) groups is 5. The first-order valence-electron chi connectivity index (χ1n) is 20.7. The molecule has 0 heterocycles. The Hall–Kier alpha value is -6.94. The third kappa shape index (κ3) is 14.5. The standard InChI is InChI=1S/C48H49BN5O10P/c1-31(55)50-41(29-35-19-22-36-15-8-9-16-37(36)25-35)46(57)53-43(26-32-11-4-2-5-12-32)48(59)54-44(27-33-13-6-3-7-14-33)47(58)52-42(28-34-20-23-40(24-21-34)64-65(62)63)45(56)51-39-18-10-17-38(30-39)49(60)61/h2-25,30,41-44,60-63H,26-29H2,1H3,(H,50,55)(H,51,56)(H,52,58)(H,53,57)(H,54,59). The van der Waals surface area contributed by atoms with Gasteiger partial charge < -0.3 is 50.9 Å². The van der Waals surface area contributed by atoms with Gasteiger partial charge in [0.25, 0.3) is 0 Å². The Morgan fingerprint density at radius 2 is 0.969 bits per heavy atom. The Labute approximate surface area is 377 Å². The van der Waals surface area contributed by atoms with Crippen molar-refractivity contribution in [2.75, 3.05) is 5.32 Å². The molecule has 0 saturated carbocycles. The van der Waals surface area contributed by atoms with Crippen molar-refractivity contribution in [3.8, 4) is 5.75 Å². The molecule has 0 bridgehead atoms. The van der Waals surface area contributed by atoms with Crippen molar-refractivity contribution in [1.29, 1.82) is 0 Å². The Morgan fingerprint density at radius 3 is 1.49 bits per heavy atom. The second-order valence-electron chi connectivity index (χ2n) is 15.4. The van der Waals surface area contributed by atoms with E-state index in [0.29, 0.717) is 16.7 Å². The lowest BCUT2D eigenvalue weighted by atomic mass is 9.80. The lowest BCUT2D eigenvalue weighted by molar-refractivity contribution is -0.134. The number of carbonyl (C=O) groups excluding carboxylic acids is 5. The van der Waals surface area contributed by atoms with Crippen LogP contribution in [-0.4, -0.2) is 80.7 Å². The molecule has 4 atom stereocenters. The van der Waals surface area contributed by atoms with E-state index in [0.717, 1.165) is 16.3 Å². The number of nitrogens with one attached hydrogen (secondary N) is 5. The molecule has 5 amide bonds. The van der Waals surface area contributed by atoms with Gasteiger partial charge in [-0.05, 0) is 62.8 Å². The second kappa shape index (κ2) is 23.1. The van der Waals surface area contributed by atoms with Gasteiger partial charge >= 0.3 is 15.7 Å². The van der Waals surface area contributed by atoms with Gasteiger partial charge in [-0.3, -0.25) is 24.0 Å². The van der Waals surface area contributed by atoms with Crippen molar-refractivity contribution >= 4 is 67.2 Å². The molecule has 17 heteroatoms. The minimum absolute atomic E-state index is 0.0109. The van der Waals surface area contributed by atoms with E-state index in [1.165, 1.54) is 43.3 Å². The zero-order valence-corrected chi connectivity index (χ0v) is 36.2. The average Bonchev–Trinajstić information content (AvgIpc) is 3.29. The third-order valence-corrected chi connectivity index (χ3v) is 10.8. The second-order valence-corrected chi connectivity index (χ2v) is 16.1. The van der Waals surface area contributed by atoms with Crippen LogP contribution in [-0.2, 0) is 49.7 Å². The quantitative estimate of drug-likeness (QED) is 0.0402. The summed E-state index contributed by atoms with van der Waals surface area (Å²) in [7, 11) is -4.48. The SMILES string of the molecule is CC(=O)NC(Cc1ccc2ccccc2c1)C(=O)NC(Cc1ccccc1)C(=O)NC(Cc1ccccc1)C(=O)NC(Cc1ccc(OP(O)O)cc1)C(=O)Nc1cccc(B(O)O)c1. The van der Waals surface area contributed by atoms with Crippen LogP contribution in [0, 0.1) is 0 Å². The van der Waals surface area contributed by atoms with Gasteiger partial charge in [0.15, 0.2) is 0 Å². The first kappa shape index (κ1) is 47.5. The molecule has 0 fully saturated rings. The van der Waals surface area contributed by atoms with Gasteiger partial charge in [0, 0.05) is 38.3 Å². The Bertz CT molecular complexity index is 2570. The predicted octanol–water partition coefficient (Wildman–Crippen LogP) is 2.98. The van der Waals surface area contributed by atoms with E-state index in [1.807, 2.05) is 48.5 Å². The molecule has 0 radical (unpaired) electrons. The van der Waals surface area contributed by atoms with Crippen LogP contribution in [0.4, 0.5) is 5.69 Å². The highest BCUT2D eigenvalue weighted by molar-refractivity contribution is 7.39. The Balaban J connectivity index is 1.27. The zero-order valence-electron chi connectivity index (χ0n) is 35.3. The van der Waals surface area contributed by atoms with Crippen molar-refractivity contribution in [1.82, 2.24) is 21.3 Å². The van der Waals surface area contributed by atoms with Gasteiger partial charge in [-0.2, -0.15) is 0 Å². The zero-order chi connectivity index (χ0) is 46.3. The maximum atomic E-state index is 14.5. The third-order valence-electron chi connectivity index (χ3n) is 10.4. The van der Waals surface area contributed by atoms with E-state index >= 15 is 0 Å². The first-order chi connectivity index (χ1) is 31.3. The maximum Gasteiger partial charge on any atom is 0.488 e. The van der Waals surface area contributed by atoms with Crippen LogP contribution in [0.25, 0.3) is 10.8 Å². The lowest BCUT2D eigenvalue weighted by Gasteiger charge is -2.27. The average molecular weight is 898 g/mol. The van der Waals surface area contributed by atoms with E-state index < -0.39 is 69.4 Å². The molecule has 0 saturated heterocycles. The minimum Gasteiger partial charge on any atom is -0.427 e. The molecule has 0 spiro atoms. The number of amides is 5. The summed E-state index contributed by atoms with van der Waals surface area (Å²) in [5.41, 5.74) is 3.06. The molecule has 334 valence electrons. The Kier molecular flexibility index (Phi) is 16.9. The normalized spacial score (nSPS) is 12.8. The van der Waals surface area contributed by atoms with E-state index in [9.17, 15) is 43.8 Å². The summed E-state index contributed by atoms with van der Waals surface area (Å²) in [6.07, 6.45) is 0.0710. The fraction of sp³-hybridized carbons (Fsp3) is 0.188. The highest BCUT2D eigenvalue weighted by atomic mass is 31.2. The highest BCUT2D eigenvalue weighted by Crippen LogP contribution is 2.29. The summed E-state index contributed by atoms with van der Waals surface area (Å²) in [5, 5.41) is 35.4. The lowest BCUT2D eigenvalue weighted by Crippen LogP contribution is -2.59. The molecule has 0 aliphatic heterocycles. The van der Waals surface area contributed by atoms with E-state index in [4.69, 9.17) is 4.52 Å². The van der Waals surface area contributed by atoms with Crippen LogP contribution in [0.3, 0.4) is 0 Å². The predicted molar refractivity (Wildman–Crippen MR) is 248 cm³/mol. The van der Waals surface area contributed by atoms with Gasteiger partial charge in [-0.25, -0.2) is 0 Å². The Morgan fingerprint density at radius 1 is 0.508 bits per heavy atom. The molecule has 6 aromatic carbocycles. The smallest absolute Gasteiger partial charge is 0.427 e. The van der Waals surface area contributed by atoms with Crippen molar-refractivity contribution in [2.45, 2.75) is 56.8 Å². The molecule has 15 nitrogen and oxygen atoms in total. The molecule has 65 heavy (non-hydrogen) atoms.